The monoisotopic (exact) mass is 498 g/mol. The topological polar surface area (TPSA) is 166 Å². The largest absolute Gasteiger partial charge is 0.507 e. The highest BCUT2D eigenvalue weighted by molar-refractivity contribution is 6.35. The van der Waals surface area contributed by atoms with Gasteiger partial charge >= 0.3 is 0 Å². The maximum absolute atomic E-state index is 14.3. The van der Waals surface area contributed by atoms with E-state index < -0.39 is 91.8 Å². The lowest BCUT2D eigenvalue weighted by atomic mass is 9.43. The van der Waals surface area contributed by atoms with Crippen molar-refractivity contribution < 1.29 is 44.4 Å². The van der Waals surface area contributed by atoms with E-state index in [1.165, 1.54) is 36.4 Å². The zero-order valence-electron chi connectivity index (χ0n) is 19.0. The van der Waals surface area contributed by atoms with Crippen LogP contribution in [0, 0.1) is 34.5 Å². The Hall–Kier alpha value is -4.11. The van der Waals surface area contributed by atoms with E-state index in [1.807, 2.05) is 0 Å². The quantitative estimate of drug-likeness (QED) is 0.396. The fourth-order valence-corrected chi connectivity index (χ4v) is 9.31. The average Bonchev–Trinajstić information content (AvgIpc) is 3.35. The van der Waals surface area contributed by atoms with E-state index in [0.717, 1.165) is 0 Å². The Morgan fingerprint density at radius 1 is 0.703 bits per heavy atom. The molecular weight excluding hydrogens is 480 g/mol. The first-order valence-electron chi connectivity index (χ1n) is 12.1. The first kappa shape index (κ1) is 21.0. The normalized spacial score (nSPS) is 40.1. The highest BCUT2D eigenvalue weighted by Crippen LogP contribution is 2.81. The molecular formula is C28H18O9. The maximum Gasteiger partial charge on any atom is 0.207 e. The van der Waals surface area contributed by atoms with Gasteiger partial charge in [-0.25, -0.2) is 0 Å². The van der Waals surface area contributed by atoms with Crippen molar-refractivity contribution in [2.24, 2.45) is 34.5 Å². The molecule has 6 aliphatic rings. The lowest BCUT2D eigenvalue weighted by Crippen LogP contribution is -2.74. The second-order valence-corrected chi connectivity index (χ2v) is 11.1. The Balaban J connectivity index is 1.52. The third kappa shape index (κ3) is 1.66. The van der Waals surface area contributed by atoms with Gasteiger partial charge in [0.2, 0.25) is 5.78 Å². The van der Waals surface area contributed by atoms with Crippen molar-refractivity contribution in [3.63, 3.8) is 0 Å². The number of aliphatic hydroxyl groups is 2. The number of Topliss-reactive ketones (excluding diaryl/α,β-unsaturated/α-hetero) is 5. The molecule has 2 aromatic carbocycles. The number of carbonyl (C=O) groups excluding carboxylic acids is 5. The third-order valence-electron chi connectivity index (χ3n) is 10.3. The summed E-state index contributed by atoms with van der Waals surface area (Å²) >= 11 is 0. The molecule has 0 heterocycles. The van der Waals surface area contributed by atoms with Crippen LogP contribution in [0.2, 0.25) is 0 Å². The number of carbonyl (C=O) groups is 5. The Morgan fingerprint density at radius 3 is 1.97 bits per heavy atom. The minimum atomic E-state index is -2.94. The van der Waals surface area contributed by atoms with E-state index in [-0.39, 0.29) is 35.1 Å². The van der Waals surface area contributed by atoms with Gasteiger partial charge in [-0.05, 0) is 36.8 Å². The van der Waals surface area contributed by atoms with E-state index in [9.17, 15) is 44.4 Å². The molecule has 4 N–H and O–H groups in total. The van der Waals surface area contributed by atoms with Crippen molar-refractivity contribution in [2.45, 2.75) is 18.4 Å². The summed E-state index contributed by atoms with van der Waals surface area (Å²) < 4.78 is 0. The summed E-state index contributed by atoms with van der Waals surface area (Å²) in [4.78, 5) is 71.0. The predicted molar refractivity (Wildman–Crippen MR) is 122 cm³/mol. The number of phenolic OH excluding ortho intramolecular Hbond substituents is 2. The summed E-state index contributed by atoms with van der Waals surface area (Å²) in [6, 6.07) is 7.92. The first-order valence-corrected chi connectivity index (χ1v) is 12.1. The number of benzene rings is 2. The van der Waals surface area contributed by atoms with Gasteiger partial charge in [0.15, 0.2) is 28.7 Å². The number of allylic oxidation sites excluding steroid dienone is 1. The van der Waals surface area contributed by atoms with Crippen LogP contribution in [0.3, 0.4) is 0 Å². The predicted octanol–water partition coefficient (Wildman–Crippen LogP) is 1.78. The Bertz CT molecular complexity index is 1670. The van der Waals surface area contributed by atoms with Crippen molar-refractivity contribution in [3.8, 4) is 11.5 Å². The molecule has 2 spiro atoms. The molecule has 9 heteroatoms. The number of aromatic hydroxyl groups is 2. The summed E-state index contributed by atoms with van der Waals surface area (Å²) in [5.74, 6) is -10.3. The molecule has 6 aliphatic carbocycles. The molecule has 184 valence electrons. The maximum atomic E-state index is 14.3. The van der Waals surface area contributed by atoms with Crippen molar-refractivity contribution >= 4 is 34.7 Å². The number of rotatable bonds is 0. The standard InChI is InChI=1S/C28H18O9/c29-15-5-1-3-9-17(15)21(32)19-20(31)13-7-11-12-8-14(26(11,19)22(9)33)24(35)28(37)25(36)18-10(4-2-6-16(18)30)23(34)27(12,13)28/h1-6,11-14,29-30,32,37H,7-8H2/t11-,12+,13-,14+,26?,27?,28+/m1/s1. The van der Waals surface area contributed by atoms with Gasteiger partial charge in [-0.3, -0.25) is 24.0 Å². The smallest absolute Gasteiger partial charge is 0.207 e. The van der Waals surface area contributed by atoms with Crippen LogP contribution in [0.1, 0.15) is 49.5 Å². The second kappa shape index (κ2) is 5.73. The second-order valence-electron chi connectivity index (χ2n) is 11.1. The minimum Gasteiger partial charge on any atom is -0.507 e. The van der Waals surface area contributed by atoms with E-state index in [1.54, 1.807) is 0 Å². The Morgan fingerprint density at radius 2 is 1.30 bits per heavy atom. The molecule has 0 amide bonds. The van der Waals surface area contributed by atoms with Crippen LogP contribution in [0.5, 0.6) is 11.5 Å². The molecule has 9 nitrogen and oxygen atoms in total. The SMILES string of the molecule is O=C1C2=C(O)c3c(O)cccc3C(=O)C23[C@@H]2C[C@H]1C14C(=O)c5cccc(O)c5C(=O)[C@@]1(O)C(=O)[C@@H]3C[C@@H]24. The van der Waals surface area contributed by atoms with Crippen molar-refractivity contribution in [2.75, 3.05) is 0 Å². The van der Waals surface area contributed by atoms with E-state index in [4.69, 9.17) is 0 Å². The molecule has 8 rings (SSSR count). The van der Waals surface area contributed by atoms with E-state index in [2.05, 4.69) is 0 Å². The number of hydrogen-bond acceptors (Lipinski definition) is 9. The van der Waals surface area contributed by atoms with Crippen LogP contribution in [-0.4, -0.2) is 54.9 Å². The highest BCUT2D eigenvalue weighted by Gasteiger charge is 2.90. The lowest BCUT2D eigenvalue weighted by Gasteiger charge is -2.56. The van der Waals surface area contributed by atoms with E-state index in [0.29, 0.717) is 0 Å². The summed E-state index contributed by atoms with van der Waals surface area (Å²) in [7, 11) is 0. The fourth-order valence-electron chi connectivity index (χ4n) is 9.31. The summed E-state index contributed by atoms with van der Waals surface area (Å²) in [6.07, 6.45) is -0.0289. The highest BCUT2D eigenvalue weighted by atomic mass is 16.3. The van der Waals surface area contributed by atoms with Gasteiger partial charge in [-0.1, -0.05) is 24.3 Å². The van der Waals surface area contributed by atoms with Gasteiger partial charge in [0, 0.05) is 23.0 Å². The molecule has 2 aromatic rings. The van der Waals surface area contributed by atoms with Crippen LogP contribution in [0.25, 0.3) is 5.76 Å². The van der Waals surface area contributed by atoms with Gasteiger partial charge in [-0.15, -0.1) is 0 Å². The number of hydrogen-bond donors (Lipinski definition) is 4. The fraction of sp³-hybridized carbons (Fsp3) is 0.321. The minimum absolute atomic E-state index is 0.0145. The molecule has 2 unspecified atom stereocenters. The number of ketones is 5. The molecule has 0 radical (unpaired) electrons. The zero-order valence-corrected chi connectivity index (χ0v) is 19.0. The van der Waals surface area contributed by atoms with Crippen molar-refractivity contribution in [1.29, 1.82) is 0 Å². The van der Waals surface area contributed by atoms with Gasteiger partial charge in [0.05, 0.1) is 27.5 Å². The van der Waals surface area contributed by atoms with Crippen LogP contribution < -0.4 is 0 Å². The van der Waals surface area contributed by atoms with Gasteiger partial charge in [0.25, 0.3) is 0 Å². The molecule has 0 saturated heterocycles. The molecule has 37 heavy (non-hydrogen) atoms. The Kier molecular flexibility index (Phi) is 3.25. The summed E-state index contributed by atoms with van der Waals surface area (Å²) in [6.45, 7) is 0. The van der Waals surface area contributed by atoms with Crippen LogP contribution in [0.15, 0.2) is 42.0 Å². The summed E-state index contributed by atoms with van der Waals surface area (Å²) in [5, 5.41) is 44.4. The molecule has 4 saturated carbocycles. The number of fused-ring (bicyclic) bond motifs is 4. The first-order chi connectivity index (χ1) is 17.6. The average molecular weight is 498 g/mol. The number of aliphatic hydroxyl groups excluding tert-OH is 1. The van der Waals surface area contributed by atoms with Crippen molar-refractivity contribution in [3.05, 3.63) is 64.2 Å². The molecule has 4 bridgehead atoms. The van der Waals surface area contributed by atoms with Crippen molar-refractivity contribution in [1.82, 2.24) is 0 Å². The van der Waals surface area contributed by atoms with Crippen LogP contribution in [-0.2, 0) is 9.59 Å². The molecule has 4 fully saturated rings. The summed E-state index contributed by atoms with van der Waals surface area (Å²) in [5.41, 5.74) is -8.21. The molecule has 0 aliphatic heterocycles. The van der Waals surface area contributed by atoms with E-state index >= 15 is 0 Å². The number of phenols is 2. The van der Waals surface area contributed by atoms with Gasteiger partial charge in [0.1, 0.15) is 17.3 Å². The lowest BCUT2D eigenvalue weighted by molar-refractivity contribution is -0.165. The van der Waals surface area contributed by atoms with Crippen LogP contribution in [0.4, 0.5) is 0 Å². The third-order valence-corrected chi connectivity index (χ3v) is 10.3. The van der Waals surface area contributed by atoms with Gasteiger partial charge < -0.3 is 20.4 Å². The Labute approximate surface area is 208 Å². The van der Waals surface area contributed by atoms with Gasteiger partial charge in [-0.2, -0.15) is 0 Å². The molecule has 7 atom stereocenters. The zero-order chi connectivity index (χ0) is 26.0. The van der Waals surface area contributed by atoms with Crippen LogP contribution >= 0.6 is 0 Å². The molecule has 0 aromatic heterocycles.